The molecular weight excluding hydrogens is 388 g/mol. The highest BCUT2D eigenvalue weighted by atomic mass is 32.2. The third-order valence-corrected chi connectivity index (χ3v) is 6.52. The Labute approximate surface area is 163 Å². The van der Waals surface area contributed by atoms with Crippen molar-refractivity contribution in [3.63, 3.8) is 0 Å². The third kappa shape index (κ3) is 4.60. The Morgan fingerprint density at radius 1 is 1.26 bits per heavy atom. The number of thioether (sulfide) groups is 1. The molecule has 1 amide bonds. The molecule has 2 aromatic rings. The predicted octanol–water partition coefficient (Wildman–Crippen LogP) is 1.81. The van der Waals surface area contributed by atoms with Gasteiger partial charge in [0.2, 0.25) is 21.9 Å². The molecule has 0 fully saturated rings. The molecule has 0 aliphatic rings. The van der Waals surface area contributed by atoms with Gasteiger partial charge in [-0.15, -0.1) is 10.2 Å². The number of rotatable bonds is 8. The van der Waals surface area contributed by atoms with Crippen molar-refractivity contribution >= 4 is 39.3 Å². The van der Waals surface area contributed by atoms with Gasteiger partial charge in [0.25, 0.3) is 0 Å². The van der Waals surface area contributed by atoms with Crippen molar-refractivity contribution in [3.05, 3.63) is 24.3 Å². The summed E-state index contributed by atoms with van der Waals surface area (Å²) in [7, 11) is -0.586. The zero-order valence-corrected chi connectivity index (χ0v) is 17.3. The van der Waals surface area contributed by atoms with E-state index >= 15 is 0 Å². The molecule has 1 unspecified atom stereocenters. The highest BCUT2D eigenvalue weighted by Crippen LogP contribution is 2.26. The molecule has 0 saturated heterocycles. The monoisotopic (exact) mass is 412 g/mol. The zero-order valence-electron chi connectivity index (χ0n) is 15.7. The van der Waals surface area contributed by atoms with E-state index in [1.165, 1.54) is 38.0 Å². The van der Waals surface area contributed by atoms with Crippen LogP contribution in [0.1, 0.15) is 26.3 Å². The lowest BCUT2D eigenvalue weighted by Crippen LogP contribution is -2.27. The van der Waals surface area contributed by atoms with Gasteiger partial charge in [-0.2, -0.15) is 0 Å². The molecule has 0 saturated carbocycles. The van der Waals surface area contributed by atoms with Crippen LogP contribution in [0.25, 0.3) is 0 Å². The summed E-state index contributed by atoms with van der Waals surface area (Å²) in [5.41, 5.74) is 6.39. The normalized spacial score (nSPS) is 12.9. The number of nitrogen functional groups attached to an aromatic ring is 1. The summed E-state index contributed by atoms with van der Waals surface area (Å²) in [4.78, 5) is 12.9. The van der Waals surface area contributed by atoms with Crippen molar-refractivity contribution < 1.29 is 13.2 Å². The van der Waals surface area contributed by atoms with Gasteiger partial charge in [-0.25, -0.2) is 12.7 Å². The number of nitrogens with zero attached hydrogens (tertiary/aromatic N) is 4. The molecular formula is C16H24N6O3S2. The SMILES string of the molecule is CCSc1nnc(N)n1C(CC)C(=O)Nc1ccc(S(=O)(=O)N(C)C)cc1. The molecule has 11 heteroatoms. The van der Waals surface area contributed by atoms with Crippen LogP contribution >= 0.6 is 11.8 Å². The number of nitrogens with two attached hydrogens (primary N) is 1. The second kappa shape index (κ2) is 8.72. The fourth-order valence-corrected chi connectivity index (χ4v) is 4.06. The average Bonchev–Trinajstić information content (AvgIpc) is 2.97. The van der Waals surface area contributed by atoms with E-state index in [0.29, 0.717) is 17.3 Å². The maximum atomic E-state index is 12.8. The van der Waals surface area contributed by atoms with Crippen LogP contribution < -0.4 is 11.1 Å². The minimum absolute atomic E-state index is 0.155. The first-order chi connectivity index (χ1) is 12.7. The fourth-order valence-electron chi connectivity index (χ4n) is 2.44. The number of anilines is 2. The summed E-state index contributed by atoms with van der Waals surface area (Å²) < 4.78 is 27.0. The lowest BCUT2D eigenvalue weighted by molar-refractivity contribution is -0.119. The molecule has 9 nitrogen and oxygen atoms in total. The minimum Gasteiger partial charge on any atom is -0.368 e. The van der Waals surface area contributed by atoms with Gasteiger partial charge in [0.05, 0.1) is 4.90 Å². The Morgan fingerprint density at radius 3 is 2.41 bits per heavy atom. The molecule has 0 spiro atoms. The van der Waals surface area contributed by atoms with Gasteiger partial charge in [0.1, 0.15) is 6.04 Å². The molecule has 0 aliphatic heterocycles. The van der Waals surface area contributed by atoms with Crippen LogP contribution in [0.4, 0.5) is 11.6 Å². The summed E-state index contributed by atoms with van der Waals surface area (Å²) in [6.45, 7) is 3.85. The van der Waals surface area contributed by atoms with Gasteiger partial charge in [0, 0.05) is 19.8 Å². The number of benzene rings is 1. The van der Waals surface area contributed by atoms with E-state index in [-0.39, 0.29) is 16.8 Å². The van der Waals surface area contributed by atoms with Gasteiger partial charge in [-0.05, 0) is 36.4 Å². The summed E-state index contributed by atoms with van der Waals surface area (Å²) in [5, 5.41) is 11.3. The second-order valence-corrected chi connectivity index (χ2v) is 9.25. The van der Waals surface area contributed by atoms with Crippen molar-refractivity contribution in [1.29, 1.82) is 0 Å². The maximum Gasteiger partial charge on any atom is 0.247 e. The molecule has 0 radical (unpaired) electrons. The topological polar surface area (TPSA) is 123 Å². The predicted molar refractivity (Wildman–Crippen MR) is 106 cm³/mol. The van der Waals surface area contributed by atoms with E-state index < -0.39 is 16.1 Å². The summed E-state index contributed by atoms with van der Waals surface area (Å²) in [6.07, 6.45) is 0.498. The lowest BCUT2D eigenvalue weighted by Gasteiger charge is -2.19. The molecule has 0 aliphatic carbocycles. The number of hydrogen-bond acceptors (Lipinski definition) is 7. The molecule has 148 valence electrons. The molecule has 1 atom stereocenters. The van der Waals surface area contributed by atoms with Gasteiger partial charge in [-0.3, -0.25) is 9.36 Å². The molecule has 1 aromatic carbocycles. The van der Waals surface area contributed by atoms with Gasteiger partial charge < -0.3 is 11.1 Å². The van der Waals surface area contributed by atoms with Crippen molar-refractivity contribution in [2.24, 2.45) is 0 Å². The molecule has 1 aromatic heterocycles. The first-order valence-corrected chi connectivity index (χ1v) is 10.8. The van der Waals surface area contributed by atoms with Crippen LogP contribution in [-0.2, 0) is 14.8 Å². The summed E-state index contributed by atoms with van der Waals surface area (Å²) in [6, 6.07) is 5.45. The molecule has 2 rings (SSSR count). The first kappa shape index (κ1) is 21.2. The average molecular weight is 413 g/mol. The van der Waals surface area contributed by atoms with Crippen molar-refractivity contribution in [1.82, 2.24) is 19.1 Å². The Morgan fingerprint density at radius 2 is 1.89 bits per heavy atom. The van der Waals surface area contributed by atoms with Gasteiger partial charge in [0.15, 0.2) is 5.16 Å². The number of sulfonamides is 1. The second-order valence-electron chi connectivity index (χ2n) is 5.87. The number of carbonyl (C=O) groups is 1. The smallest absolute Gasteiger partial charge is 0.247 e. The standard InChI is InChI=1S/C16H24N6O3S2/c1-5-13(22-15(17)19-20-16(22)26-6-2)14(23)18-11-7-9-12(10-8-11)27(24,25)21(3)4/h7-10,13H,5-6H2,1-4H3,(H2,17,19)(H,18,23). The van der Waals surface area contributed by atoms with Crippen LogP contribution in [0, 0.1) is 0 Å². The van der Waals surface area contributed by atoms with Crippen LogP contribution in [0.3, 0.4) is 0 Å². The third-order valence-electron chi connectivity index (χ3n) is 3.87. The van der Waals surface area contributed by atoms with Crippen molar-refractivity contribution in [3.8, 4) is 0 Å². The number of amides is 1. The van der Waals surface area contributed by atoms with E-state index in [4.69, 9.17) is 5.73 Å². The zero-order chi connectivity index (χ0) is 20.2. The van der Waals surface area contributed by atoms with Crippen LogP contribution in [0.2, 0.25) is 0 Å². The van der Waals surface area contributed by atoms with E-state index in [1.54, 1.807) is 16.7 Å². The molecule has 1 heterocycles. The molecule has 27 heavy (non-hydrogen) atoms. The quantitative estimate of drug-likeness (QED) is 0.634. The van der Waals surface area contributed by atoms with E-state index in [0.717, 1.165) is 10.1 Å². The number of hydrogen-bond donors (Lipinski definition) is 2. The Hall–Kier alpha value is -2.11. The fraction of sp³-hybridized carbons (Fsp3) is 0.438. The number of carbonyl (C=O) groups excluding carboxylic acids is 1. The van der Waals surface area contributed by atoms with Crippen molar-refractivity contribution in [2.75, 3.05) is 30.9 Å². The summed E-state index contributed by atoms with van der Waals surface area (Å²) in [5.74, 6) is 0.684. The summed E-state index contributed by atoms with van der Waals surface area (Å²) >= 11 is 1.46. The largest absolute Gasteiger partial charge is 0.368 e. The highest BCUT2D eigenvalue weighted by Gasteiger charge is 2.25. The van der Waals surface area contributed by atoms with Gasteiger partial charge in [-0.1, -0.05) is 25.6 Å². The Kier molecular flexibility index (Phi) is 6.84. The maximum absolute atomic E-state index is 12.8. The first-order valence-electron chi connectivity index (χ1n) is 8.39. The Bertz CT molecular complexity index is 893. The number of nitrogens with one attached hydrogen (secondary N) is 1. The van der Waals surface area contributed by atoms with E-state index in [2.05, 4.69) is 15.5 Å². The van der Waals surface area contributed by atoms with Crippen molar-refractivity contribution in [2.45, 2.75) is 36.4 Å². The number of aromatic nitrogens is 3. The highest BCUT2D eigenvalue weighted by molar-refractivity contribution is 7.99. The molecule has 0 bridgehead atoms. The minimum atomic E-state index is -3.52. The van der Waals surface area contributed by atoms with Crippen LogP contribution in [-0.4, -0.2) is 53.2 Å². The van der Waals surface area contributed by atoms with E-state index in [1.807, 2.05) is 13.8 Å². The van der Waals surface area contributed by atoms with Gasteiger partial charge >= 0.3 is 0 Å². The van der Waals surface area contributed by atoms with Crippen LogP contribution in [0.5, 0.6) is 0 Å². The molecule has 3 N–H and O–H groups in total. The Balaban J connectivity index is 2.22. The van der Waals surface area contributed by atoms with E-state index in [9.17, 15) is 13.2 Å². The van der Waals surface area contributed by atoms with Crippen LogP contribution in [0.15, 0.2) is 34.3 Å². The lowest BCUT2D eigenvalue weighted by atomic mass is 10.2.